The average Bonchev–Trinajstić information content (AvgIpc) is 2.66. The number of guanidine groups is 1. The van der Waals surface area contributed by atoms with Crippen LogP contribution in [-0.4, -0.2) is 25.6 Å². The second-order valence-electron chi connectivity index (χ2n) is 6.05. The van der Waals surface area contributed by atoms with E-state index in [2.05, 4.69) is 10.3 Å². The number of anilines is 1. The number of hydrogen-bond acceptors (Lipinski definition) is 3. The lowest BCUT2D eigenvalue weighted by atomic mass is 10.1. The van der Waals surface area contributed by atoms with Gasteiger partial charge in [-0.15, -0.1) is 0 Å². The van der Waals surface area contributed by atoms with Gasteiger partial charge in [-0.25, -0.2) is 4.79 Å². The Morgan fingerprint density at radius 1 is 1.26 bits per heavy atom. The van der Waals surface area contributed by atoms with Crippen LogP contribution in [0.15, 0.2) is 47.5 Å². The number of hydrogen-bond donors (Lipinski definition) is 2. The number of amides is 2. The van der Waals surface area contributed by atoms with Crippen LogP contribution in [0.1, 0.15) is 24.5 Å². The van der Waals surface area contributed by atoms with Crippen molar-refractivity contribution in [3.63, 3.8) is 0 Å². The molecule has 0 aliphatic heterocycles. The van der Waals surface area contributed by atoms with Crippen LogP contribution in [0.3, 0.4) is 0 Å². The Morgan fingerprint density at radius 3 is 2.63 bits per heavy atom. The first-order valence-electron chi connectivity index (χ1n) is 8.74. The van der Waals surface area contributed by atoms with Crippen LogP contribution in [-0.2, 0) is 6.61 Å². The molecule has 0 saturated carbocycles. The van der Waals surface area contributed by atoms with Crippen molar-refractivity contribution in [1.29, 1.82) is 0 Å². The average molecular weight is 389 g/mol. The maximum Gasteiger partial charge on any atom is 0.328 e. The number of benzene rings is 2. The van der Waals surface area contributed by atoms with Gasteiger partial charge in [-0.2, -0.15) is 0 Å². The molecule has 0 spiro atoms. The van der Waals surface area contributed by atoms with E-state index in [1.165, 1.54) is 4.90 Å². The SMILES string of the molecule is CCCN=C(N)NC(=O)N(C)c1c(Cl)ccc(OCc2ccccc2)c1C. The normalized spacial score (nSPS) is 11.2. The molecule has 0 heterocycles. The summed E-state index contributed by atoms with van der Waals surface area (Å²) in [4.78, 5) is 17.9. The Hall–Kier alpha value is -2.73. The van der Waals surface area contributed by atoms with Crippen LogP contribution in [0, 0.1) is 6.92 Å². The van der Waals surface area contributed by atoms with Crippen LogP contribution in [0.25, 0.3) is 0 Å². The Morgan fingerprint density at radius 2 is 1.96 bits per heavy atom. The molecule has 144 valence electrons. The molecule has 0 fully saturated rings. The number of rotatable bonds is 6. The minimum absolute atomic E-state index is 0.0824. The summed E-state index contributed by atoms with van der Waals surface area (Å²) in [6, 6.07) is 12.9. The molecule has 2 amide bonds. The molecule has 6 nitrogen and oxygen atoms in total. The standard InChI is InChI=1S/C20H25ClN4O2/c1-4-12-23-19(22)24-20(26)25(3)18-14(2)17(11-10-16(18)21)27-13-15-8-6-5-7-9-15/h5-11H,4,12-13H2,1-3H3,(H3,22,23,24,26). The summed E-state index contributed by atoms with van der Waals surface area (Å²) < 4.78 is 5.92. The summed E-state index contributed by atoms with van der Waals surface area (Å²) in [5, 5.41) is 3.01. The van der Waals surface area contributed by atoms with E-state index in [4.69, 9.17) is 22.1 Å². The van der Waals surface area contributed by atoms with E-state index in [9.17, 15) is 4.79 Å². The Bertz CT molecular complexity index is 809. The Kier molecular flexibility index (Phi) is 7.49. The smallest absolute Gasteiger partial charge is 0.328 e. The molecule has 0 bridgehead atoms. The number of nitrogens with two attached hydrogens (primary N) is 1. The third kappa shape index (κ3) is 5.62. The first kappa shape index (κ1) is 20.6. The van der Waals surface area contributed by atoms with Crippen molar-refractivity contribution >= 4 is 29.3 Å². The molecule has 0 aliphatic carbocycles. The van der Waals surface area contributed by atoms with Gasteiger partial charge >= 0.3 is 6.03 Å². The third-order valence-electron chi connectivity index (χ3n) is 3.95. The zero-order valence-electron chi connectivity index (χ0n) is 15.8. The number of nitrogens with one attached hydrogen (secondary N) is 1. The zero-order valence-corrected chi connectivity index (χ0v) is 16.6. The lowest BCUT2D eigenvalue weighted by Gasteiger charge is -2.23. The molecule has 0 saturated heterocycles. The lowest BCUT2D eigenvalue weighted by molar-refractivity contribution is 0.251. The zero-order chi connectivity index (χ0) is 19.8. The number of aliphatic imine (C=N–C) groups is 1. The summed E-state index contributed by atoms with van der Waals surface area (Å²) >= 11 is 6.34. The van der Waals surface area contributed by atoms with Crippen molar-refractivity contribution in [1.82, 2.24) is 5.32 Å². The molecule has 7 heteroatoms. The molecular formula is C20H25ClN4O2. The number of carbonyl (C=O) groups excluding carboxylic acids is 1. The minimum Gasteiger partial charge on any atom is -0.489 e. The maximum absolute atomic E-state index is 12.5. The molecule has 0 atom stereocenters. The van der Waals surface area contributed by atoms with Gasteiger partial charge in [0.25, 0.3) is 0 Å². The lowest BCUT2D eigenvalue weighted by Crippen LogP contribution is -2.44. The van der Waals surface area contributed by atoms with Gasteiger partial charge < -0.3 is 10.5 Å². The van der Waals surface area contributed by atoms with E-state index in [0.717, 1.165) is 17.5 Å². The van der Waals surface area contributed by atoms with E-state index in [1.54, 1.807) is 19.2 Å². The maximum atomic E-state index is 12.5. The van der Waals surface area contributed by atoms with Gasteiger partial charge in [0.2, 0.25) is 0 Å². The Balaban J connectivity index is 2.16. The van der Waals surface area contributed by atoms with Gasteiger partial charge in [-0.1, -0.05) is 48.9 Å². The highest BCUT2D eigenvalue weighted by atomic mass is 35.5. The largest absolute Gasteiger partial charge is 0.489 e. The van der Waals surface area contributed by atoms with Gasteiger partial charge in [0.05, 0.1) is 10.7 Å². The second kappa shape index (κ2) is 9.83. The van der Waals surface area contributed by atoms with Crippen molar-refractivity contribution in [2.75, 3.05) is 18.5 Å². The van der Waals surface area contributed by atoms with Crippen LogP contribution >= 0.6 is 11.6 Å². The number of halogens is 1. The summed E-state index contributed by atoms with van der Waals surface area (Å²) in [6.07, 6.45) is 0.845. The van der Waals surface area contributed by atoms with Crippen molar-refractivity contribution < 1.29 is 9.53 Å². The highest BCUT2D eigenvalue weighted by molar-refractivity contribution is 6.34. The Labute approximate surface area is 165 Å². The summed E-state index contributed by atoms with van der Waals surface area (Å²) in [6.45, 7) is 4.82. The van der Waals surface area contributed by atoms with E-state index in [1.807, 2.05) is 44.2 Å². The molecule has 2 rings (SSSR count). The first-order valence-corrected chi connectivity index (χ1v) is 9.12. The molecule has 2 aromatic rings. The fraction of sp³-hybridized carbons (Fsp3) is 0.300. The summed E-state index contributed by atoms with van der Waals surface area (Å²) in [5.41, 5.74) is 8.11. The molecular weight excluding hydrogens is 364 g/mol. The highest BCUT2D eigenvalue weighted by Crippen LogP contribution is 2.35. The molecule has 0 aromatic heterocycles. The number of carbonyl (C=O) groups is 1. The second-order valence-corrected chi connectivity index (χ2v) is 6.46. The van der Waals surface area contributed by atoms with Crippen molar-refractivity contribution in [2.24, 2.45) is 10.7 Å². The number of urea groups is 1. The van der Waals surface area contributed by atoms with Crippen molar-refractivity contribution in [3.05, 3.63) is 58.6 Å². The number of ether oxygens (including phenoxy) is 1. The number of nitrogens with zero attached hydrogens (tertiary/aromatic N) is 2. The van der Waals surface area contributed by atoms with Gasteiger partial charge in [0.15, 0.2) is 5.96 Å². The van der Waals surface area contributed by atoms with Gasteiger partial charge in [0, 0.05) is 19.2 Å². The predicted octanol–water partition coefficient (Wildman–Crippen LogP) is 4.10. The summed E-state index contributed by atoms with van der Waals surface area (Å²) in [5.74, 6) is 0.740. The fourth-order valence-corrected chi connectivity index (χ4v) is 2.85. The van der Waals surface area contributed by atoms with Gasteiger partial charge in [-0.3, -0.25) is 15.2 Å². The van der Waals surface area contributed by atoms with E-state index < -0.39 is 6.03 Å². The molecule has 2 aromatic carbocycles. The summed E-state index contributed by atoms with van der Waals surface area (Å²) in [7, 11) is 1.62. The van der Waals surface area contributed by atoms with Gasteiger partial charge in [0.1, 0.15) is 12.4 Å². The molecule has 3 N–H and O–H groups in total. The molecule has 0 aliphatic rings. The third-order valence-corrected chi connectivity index (χ3v) is 4.26. The highest BCUT2D eigenvalue weighted by Gasteiger charge is 2.19. The molecule has 0 unspecified atom stereocenters. The fourth-order valence-electron chi connectivity index (χ4n) is 2.52. The predicted molar refractivity (Wildman–Crippen MR) is 111 cm³/mol. The van der Waals surface area contributed by atoms with Crippen LogP contribution in [0.5, 0.6) is 5.75 Å². The first-order chi connectivity index (χ1) is 12.9. The minimum atomic E-state index is -0.419. The van der Waals surface area contributed by atoms with E-state index >= 15 is 0 Å². The van der Waals surface area contributed by atoms with Crippen LogP contribution < -0.4 is 20.7 Å². The van der Waals surface area contributed by atoms with Crippen LogP contribution in [0.2, 0.25) is 5.02 Å². The molecule has 27 heavy (non-hydrogen) atoms. The van der Waals surface area contributed by atoms with E-state index in [-0.39, 0.29) is 5.96 Å². The monoisotopic (exact) mass is 388 g/mol. The van der Waals surface area contributed by atoms with Crippen LogP contribution in [0.4, 0.5) is 10.5 Å². The van der Waals surface area contributed by atoms with Gasteiger partial charge in [-0.05, 0) is 31.0 Å². The van der Waals surface area contributed by atoms with E-state index in [0.29, 0.717) is 29.6 Å². The topological polar surface area (TPSA) is 79.9 Å². The molecule has 0 radical (unpaired) electrons. The quantitative estimate of drug-likeness (QED) is 0.577. The van der Waals surface area contributed by atoms with Crippen molar-refractivity contribution in [2.45, 2.75) is 26.9 Å². The van der Waals surface area contributed by atoms with Crippen molar-refractivity contribution in [3.8, 4) is 5.75 Å².